The van der Waals surface area contributed by atoms with E-state index >= 15 is 0 Å². The molecule has 1 N–H and O–H groups in total. The number of aliphatic imine (C=N–C) groups is 1. The SMILES string of the molecule is CCNC(=NCc1ncccc1C)N1CCN(c2cccs2)CC1. The van der Waals surface area contributed by atoms with Gasteiger partial charge in [-0.1, -0.05) is 6.07 Å². The Labute approximate surface area is 148 Å². The Balaban J connectivity index is 1.63. The molecule has 1 fully saturated rings. The third kappa shape index (κ3) is 4.06. The topological polar surface area (TPSA) is 43.8 Å². The van der Waals surface area contributed by atoms with Crippen LogP contribution in [0.3, 0.4) is 0 Å². The van der Waals surface area contributed by atoms with Crippen LogP contribution in [0, 0.1) is 6.92 Å². The Kier molecular flexibility index (Phi) is 5.69. The molecular formula is C18H25N5S. The Bertz CT molecular complexity index is 660. The van der Waals surface area contributed by atoms with Gasteiger partial charge in [0.05, 0.1) is 17.2 Å². The van der Waals surface area contributed by atoms with Crippen molar-refractivity contribution in [2.75, 3.05) is 37.6 Å². The van der Waals surface area contributed by atoms with Gasteiger partial charge in [0.25, 0.3) is 0 Å². The molecule has 6 heteroatoms. The van der Waals surface area contributed by atoms with Gasteiger partial charge in [-0.05, 0) is 43.0 Å². The van der Waals surface area contributed by atoms with Crippen LogP contribution < -0.4 is 10.2 Å². The Morgan fingerprint density at radius 2 is 2.08 bits per heavy atom. The smallest absolute Gasteiger partial charge is 0.194 e. The van der Waals surface area contributed by atoms with E-state index in [4.69, 9.17) is 4.99 Å². The predicted octanol–water partition coefficient (Wildman–Crippen LogP) is 2.74. The summed E-state index contributed by atoms with van der Waals surface area (Å²) in [6, 6.07) is 8.37. The van der Waals surface area contributed by atoms with Gasteiger partial charge < -0.3 is 15.1 Å². The van der Waals surface area contributed by atoms with E-state index in [1.807, 2.05) is 23.6 Å². The third-order valence-electron chi connectivity index (χ3n) is 4.23. The lowest BCUT2D eigenvalue weighted by atomic mass is 10.2. The summed E-state index contributed by atoms with van der Waals surface area (Å²) in [7, 11) is 0. The molecule has 1 aliphatic heterocycles. The number of hydrogen-bond acceptors (Lipinski definition) is 4. The van der Waals surface area contributed by atoms with Crippen LogP contribution in [0.1, 0.15) is 18.2 Å². The monoisotopic (exact) mass is 343 g/mol. The fourth-order valence-electron chi connectivity index (χ4n) is 2.85. The van der Waals surface area contributed by atoms with Crippen LogP contribution in [-0.2, 0) is 6.54 Å². The van der Waals surface area contributed by atoms with Crippen molar-refractivity contribution >= 4 is 22.3 Å². The second-order valence-corrected chi connectivity index (χ2v) is 6.79. The van der Waals surface area contributed by atoms with E-state index in [0.717, 1.165) is 44.4 Å². The second-order valence-electron chi connectivity index (χ2n) is 5.86. The van der Waals surface area contributed by atoms with E-state index < -0.39 is 0 Å². The minimum absolute atomic E-state index is 0.625. The molecule has 3 rings (SSSR count). The fourth-order valence-corrected chi connectivity index (χ4v) is 3.63. The molecular weight excluding hydrogens is 318 g/mol. The van der Waals surface area contributed by atoms with Gasteiger partial charge in [0.1, 0.15) is 0 Å². The third-order valence-corrected chi connectivity index (χ3v) is 5.16. The van der Waals surface area contributed by atoms with Crippen LogP contribution >= 0.6 is 11.3 Å². The molecule has 0 atom stereocenters. The fraction of sp³-hybridized carbons (Fsp3) is 0.444. The maximum atomic E-state index is 4.81. The summed E-state index contributed by atoms with van der Waals surface area (Å²) in [5, 5.41) is 6.93. The molecule has 5 nitrogen and oxygen atoms in total. The summed E-state index contributed by atoms with van der Waals surface area (Å²) in [4.78, 5) is 14.1. The summed E-state index contributed by atoms with van der Waals surface area (Å²) >= 11 is 1.81. The van der Waals surface area contributed by atoms with E-state index in [-0.39, 0.29) is 0 Å². The van der Waals surface area contributed by atoms with Gasteiger partial charge in [0, 0.05) is 38.9 Å². The number of anilines is 1. The Morgan fingerprint density at radius 3 is 2.75 bits per heavy atom. The van der Waals surface area contributed by atoms with Crippen LogP contribution in [0.5, 0.6) is 0 Å². The molecule has 0 unspecified atom stereocenters. The summed E-state index contributed by atoms with van der Waals surface area (Å²) in [6.07, 6.45) is 1.84. The van der Waals surface area contributed by atoms with Crippen LogP contribution in [-0.4, -0.2) is 48.6 Å². The zero-order valence-electron chi connectivity index (χ0n) is 14.4. The lowest BCUT2D eigenvalue weighted by Crippen LogP contribution is -2.52. The number of aryl methyl sites for hydroxylation is 1. The predicted molar refractivity (Wildman–Crippen MR) is 102 cm³/mol. The van der Waals surface area contributed by atoms with Crippen molar-refractivity contribution in [3.63, 3.8) is 0 Å². The number of nitrogens with one attached hydrogen (secondary N) is 1. The minimum Gasteiger partial charge on any atom is -0.360 e. The molecule has 0 aliphatic carbocycles. The molecule has 3 heterocycles. The van der Waals surface area contributed by atoms with Gasteiger partial charge in [0.15, 0.2) is 5.96 Å². The van der Waals surface area contributed by atoms with Gasteiger partial charge >= 0.3 is 0 Å². The highest BCUT2D eigenvalue weighted by atomic mass is 32.1. The average Bonchev–Trinajstić information content (AvgIpc) is 3.15. The zero-order chi connectivity index (χ0) is 16.8. The number of hydrogen-bond donors (Lipinski definition) is 1. The first-order chi connectivity index (χ1) is 11.8. The highest BCUT2D eigenvalue weighted by Gasteiger charge is 2.20. The summed E-state index contributed by atoms with van der Waals surface area (Å²) < 4.78 is 0. The number of guanidine groups is 1. The van der Waals surface area contributed by atoms with Gasteiger partial charge in [-0.2, -0.15) is 0 Å². The van der Waals surface area contributed by atoms with Gasteiger partial charge in [-0.25, -0.2) is 4.99 Å². The quantitative estimate of drug-likeness (QED) is 0.685. The maximum absolute atomic E-state index is 4.81. The number of aromatic nitrogens is 1. The summed E-state index contributed by atoms with van der Waals surface area (Å²) in [6.45, 7) is 9.76. The van der Waals surface area contributed by atoms with Crippen molar-refractivity contribution in [1.82, 2.24) is 15.2 Å². The number of thiophene rings is 1. The second kappa shape index (κ2) is 8.15. The normalized spacial score (nSPS) is 15.7. The lowest BCUT2D eigenvalue weighted by Gasteiger charge is -2.37. The minimum atomic E-state index is 0.625. The molecule has 0 amide bonds. The average molecular weight is 344 g/mol. The maximum Gasteiger partial charge on any atom is 0.194 e. The van der Waals surface area contributed by atoms with Crippen molar-refractivity contribution in [1.29, 1.82) is 0 Å². The first kappa shape index (κ1) is 16.8. The molecule has 0 spiro atoms. The highest BCUT2D eigenvalue weighted by molar-refractivity contribution is 7.14. The molecule has 2 aromatic heterocycles. The number of rotatable bonds is 4. The molecule has 0 saturated carbocycles. The molecule has 0 radical (unpaired) electrons. The lowest BCUT2D eigenvalue weighted by molar-refractivity contribution is 0.373. The molecule has 24 heavy (non-hydrogen) atoms. The van der Waals surface area contributed by atoms with E-state index in [1.165, 1.54) is 10.6 Å². The first-order valence-corrected chi connectivity index (χ1v) is 9.38. The first-order valence-electron chi connectivity index (χ1n) is 8.50. The van der Waals surface area contributed by atoms with Crippen molar-refractivity contribution in [3.8, 4) is 0 Å². The Morgan fingerprint density at radius 1 is 1.25 bits per heavy atom. The van der Waals surface area contributed by atoms with Gasteiger partial charge in [-0.15, -0.1) is 11.3 Å². The molecule has 1 aliphatic rings. The summed E-state index contributed by atoms with van der Waals surface area (Å²) in [5.41, 5.74) is 2.24. The van der Waals surface area contributed by atoms with Crippen molar-refractivity contribution in [2.24, 2.45) is 4.99 Å². The molecule has 128 valence electrons. The van der Waals surface area contributed by atoms with Gasteiger partial charge in [-0.3, -0.25) is 4.98 Å². The van der Waals surface area contributed by atoms with E-state index in [1.54, 1.807) is 0 Å². The van der Waals surface area contributed by atoms with Crippen LogP contribution in [0.4, 0.5) is 5.00 Å². The van der Waals surface area contributed by atoms with Crippen molar-refractivity contribution in [2.45, 2.75) is 20.4 Å². The van der Waals surface area contributed by atoms with Crippen molar-refractivity contribution in [3.05, 3.63) is 47.1 Å². The highest BCUT2D eigenvalue weighted by Crippen LogP contribution is 2.22. The molecule has 2 aromatic rings. The number of nitrogens with zero attached hydrogens (tertiary/aromatic N) is 4. The standard InChI is InChI=1S/C18H25N5S/c1-3-19-18(21-14-16-15(2)6-4-8-20-16)23-11-9-22(10-12-23)17-7-5-13-24-17/h4-8,13H,3,9-12,14H2,1-2H3,(H,19,21). The number of piperazine rings is 1. The molecule has 1 saturated heterocycles. The van der Waals surface area contributed by atoms with E-state index in [2.05, 4.69) is 57.5 Å². The molecule has 0 aromatic carbocycles. The summed E-state index contributed by atoms with van der Waals surface area (Å²) in [5.74, 6) is 0.994. The molecule has 0 bridgehead atoms. The van der Waals surface area contributed by atoms with Crippen molar-refractivity contribution < 1.29 is 0 Å². The Hall–Kier alpha value is -2.08. The zero-order valence-corrected chi connectivity index (χ0v) is 15.2. The van der Waals surface area contributed by atoms with E-state index in [9.17, 15) is 0 Å². The van der Waals surface area contributed by atoms with Crippen LogP contribution in [0.2, 0.25) is 0 Å². The number of pyridine rings is 1. The van der Waals surface area contributed by atoms with E-state index in [0.29, 0.717) is 6.54 Å². The van der Waals surface area contributed by atoms with Crippen LogP contribution in [0.15, 0.2) is 40.8 Å². The van der Waals surface area contributed by atoms with Gasteiger partial charge in [0.2, 0.25) is 0 Å². The largest absolute Gasteiger partial charge is 0.360 e. The van der Waals surface area contributed by atoms with Crippen LogP contribution in [0.25, 0.3) is 0 Å².